The minimum Gasteiger partial charge on any atom is -0.481 e. The fourth-order valence-corrected chi connectivity index (χ4v) is 2.55. The van der Waals surface area contributed by atoms with Crippen molar-refractivity contribution in [1.29, 1.82) is 0 Å². The third kappa shape index (κ3) is 2.42. The Kier molecular flexibility index (Phi) is 3.24. The highest BCUT2D eigenvalue weighted by molar-refractivity contribution is 5.68. The molecule has 0 atom stereocenters. The van der Waals surface area contributed by atoms with E-state index in [0.717, 1.165) is 28.0 Å². The molecule has 4 rings (SSSR count). The molecule has 23 heavy (non-hydrogen) atoms. The molecule has 0 fully saturated rings. The van der Waals surface area contributed by atoms with Crippen molar-refractivity contribution in [3.63, 3.8) is 0 Å². The molecule has 0 aliphatic carbocycles. The van der Waals surface area contributed by atoms with Crippen molar-refractivity contribution in [2.75, 3.05) is 7.11 Å². The third-order valence-corrected chi connectivity index (χ3v) is 3.74. The zero-order valence-electron chi connectivity index (χ0n) is 12.5. The summed E-state index contributed by atoms with van der Waals surface area (Å²) in [5, 5.41) is 0. The highest BCUT2D eigenvalue weighted by Crippen LogP contribution is 2.25. The number of ether oxygens (including phenoxy) is 1. The van der Waals surface area contributed by atoms with Gasteiger partial charge in [0.25, 0.3) is 0 Å². The van der Waals surface area contributed by atoms with Crippen LogP contribution in [0.4, 0.5) is 0 Å². The van der Waals surface area contributed by atoms with Gasteiger partial charge in [0.15, 0.2) is 0 Å². The monoisotopic (exact) mass is 302 g/mol. The average molecular weight is 302 g/mol. The van der Waals surface area contributed by atoms with Crippen molar-refractivity contribution in [2.24, 2.45) is 0 Å². The van der Waals surface area contributed by atoms with Crippen molar-refractivity contribution < 1.29 is 4.74 Å². The number of hydrogen-bond acceptors (Lipinski definition) is 4. The second kappa shape index (κ2) is 5.53. The molecule has 0 unspecified atom stereocenters. The van der Waals surface area contributed by atoms with E-state index in [4.69, 9.17) is 4.74 Å². The number of hydrogen-bond donors (Lipinski definition) is 0. The van der Waals surface area contributed by atoms with E-state index >= 15 is 0 Å². The first kappa shape index (κ1) is 13.5. The second-order valence-corrected chi connectivity index (χ2v) is 5.12. The number of pyridine rings is 3. The SMILES string of the molecule is COc1ccc(-c2cnc3ccc(-c4cccnc4)cn23)cn1. The number of fused-ring (bicyclic) bond motifs is 1. The molecule has 0 aliphatic heterocycles. The first-order valence-electron chi connectivity index (χ1n) is 7.23. The Labute approximate surface area is 133 Å². The Balaban J connectivity index is 1.84. The fraction of sp³-hybridized carbons (Fsp3) is 0.0556. The van der Waals surface area contributed by atoms with Gasteiger partial charge in [-0.15, -0.1) is 0 Å². The molecule has 0 radical (unpaired) electrons. The van der Waals surface area contributed by atoms with Gasteiger partial charge >= 0.3 is 0 Å². The molecular weight excluding hydrogens is 288 g/mol. The molecule has 4 aromatic rings. The molecule has 0 saturated carbocycles. The number of aromatic nitrogens is 4. The summed E-state index contributed by atoms with van der Waals surface area (Å²) in [6.45, 7) is 0. The molecule has 5 heteroatoms. The lowest BCUT2D eigenvalue weighted by Gasteiger charge is -2.06. The van der Waals surface area contributed by atoms with Crippen LogP contribution in [0.2, 0.25) is 0 Å². The van der Waals surface area contributed by atoms with E-state index in [1.807, 2.05) is 42.7 Å². The summed E-state index contributed by atoms with van der Waals surface area (Å²) in [4.78, 5) is 12.9. The van der Waals surface area contributed by atoms with Crippen LogP contribution in [0, 0.1) is 0 Å². The van der Waals surface area contributed by atoms with E-state index in [2.05, 4.69) is 31.6 Å². The van der Waals surface area contributed by atoms with Gasteiger partial charge in [-0.1, -0.05) is 6.07 Å². The summed E-state index contributed by atoms with van der Waals surface area (Å²) in [6, 6.07) is 11.9. The molecule has 0 saturated heterocycles. The molecule has 0 aromatic carbocycles. The summed E-state index contributed by atoms with van der Waals surface area (Å²) in [6.07, 6.45) is 9.34. The number of nitrogens with zero attached hydrogens (tertiary/aromatic N) is 4. The molecule has 5 nitrogen and oxygen atoms in total. The Morgan fingerprint density at radius 1 is 0.870 bits per heavy atom. The Bertz CT molecular complexity index is 946. The van der Waals surface area contributed by atoms with Crippen molar-refractivity contribution in [3.8, 4) is 28.3 Å². The van der Waals surface area contributed by atoms with E-state index in [9.17, 15) is 0 Å². The predicted octanol–water partition coefficient (Wildman–Crippen LogP) is 3.47. The van der Waals surface area contributed by atoms with E-state index < -0.39 is 0 Å². The van der Waals surface area contributed by atoms with Gasteiger partial charge in [-0.2, -0.15) is 0 Å². The number of imidazole rings is 1. The topological polar surface area (TPSA) is 52.3 Å². The molecule has 0 N–H and O–H groups in total. The van der Waals surface area contributed by atoms with Crippen LogP contribution >= 0.6 is 0 Å². The normalized spacial score (nSPS) is 10.8. The molecule has 4 aromatic heterocycles. The third-order valence-electron chi connectivity index (χ3n) is 3.74. The molecule has 0 aliphatic rings. The van der Waals surface area contributed by atoms with Crippen molar-refractivity contribution in [2.45, 2.75) is 0 Å². The molecule has 4 heterocycles. The Morgan fingerprint density at radius 2 is 1.78 bits per heavy atom. The van der Waals surface area contributed by atoms with Gasteiger partial charge in [0.05, 0.1) is 19.0 Å². The molecule has 0 spiro atoms. The van der Waals surface area contributed by atoms with Gasteiger partial charge in [0.1, 0.15) is 5.65 Å². The average Bonchev–Trinajstić information content (AvgIpc) is 3.05. The smallest absolute Gasteiger partial charge is 0.212 e. The lowest BCUT2D eigenvalue weighted by atomic mass is 10.1. The maximum atomic E-state index is 5.11. The van der Waals surface area contributed by atoms with Crippen LogP contribution in [0.3, 0.4) is 0 Å². The van der Waals surface area contributed by atoms with Crippen molar-refractivity contribution in [3.05, 3.63) is 67.4 Å². The summed E-state index contributed by atoms with van der Waals surface area (Å²) >= 11 is 0. The van der Waals surface area contributed by atoms with Crippen LogP contribution in [-0.2, 0) is 0 Å². The number of rotatable bonds is 3. The zero-order chi connectivity index (χ0) is 15.6. The summed E-state index contributed by atoms with van der Waals surface area (Å²) in [5.74, 6) is 0.596. The lowest BCUT2D eigenvalue weighted by Crippen LogP contribution is -1.92. The van der Waals surface area contributed by atoms with E-state index in [1.54, 1.807) is 19.5 Å². The minimum atomic E-state index is 0.596. The minimum absolute atomic E-state index is 0.596. The van der Waals surface area contributed by atoms with Gasteiger partial charge in [0.2, 0.25) is 5.88 Å². The standard InChI is InChI=1S/C18H14N4O/c1-23-18-7-5-14(10-21-18)16-11-20-17-6-4-15(12-22(16)17)13-3-2-8-19-9-13/h2-12H,1H3. The van der Waals surface area contributed by atoms with Crippen molar-refractivity contribution >= 4 is 5.65 Å². The van der Waals surface area contributed by atoms with E-state index in [0.29, 0.717) is 5.88 Å². The predicted molar refractivity (Wildman–Crippen MR) is 88.2 cm³/mol. The molecule has 0 amide bonds. The van der Waals surface area contributed by atoms with Gasteiger partial charge in [-0.05, 0) is 24.3 Å². The first-order chi connectivity index (χ1) is 11.3. The summed E-state index contributed by atoms with van der Waals surface area (Å²) in [5.41, 5.74) is 5.03. The second-order valence-electron chi connectivity index (χ2n) is 5.12. The highest BCUT2D eigenvalue weighted by atomic mass is 16.5. The maximum Gasteiger partial charge on any atom is 0.212 e. The lowest BCUT2D eigenvalue weighted by molar-refractivity contribution is 0.398. The largest absolute Gasteiger partial charge is 0.481 e. The van der Waals surface area contributed by atoms with Gasteiger partial charge < -0.3 is 4.74 Å². The van der Waals surface area contributed by atoms with Crippen molar-refractivity contribution in [1.82, 2.24) is 19.4 Å². The zero-order valence-corrected chi connectivity index (χ0v) is 12.5. The van der Waals surface area contributed by atoms with Gasteiger partial charge in [-0.25, -0.2) is 9.97 Å². The fourth-order valence-electron chi connectivity index (χ4n) is 2.55. The summed E-state index contributed by atoms with van der Waals surface area (Å²) in [7, 11) is 1.61. The number of methoxy groups -OCH3 is 1. The van der Waals surface area contributed by atoms with Crippen LogP contribution in [0.15, 0.2) is 67.4 Å². The van der Waals surface area contributed by atoms with Gasteiger partial charge in [0, 0.05) is 47.5 Å². The molecule has 0 bridgehead atoms. The van der Waals surface area contributed by atoms with Crippen LogP contribution < -0.4 is 4.74 Å². The summed E-state index contributed by atoms with van der Waals surface area (Å²) < 4.78 is 7.17. The van der Waals surface area contributed by atoms with Gasteiger partial charge in [-0.3, -0.25) is 9.38 Å². The van der Waals surface area contributed by atoms with Crippen LogP contribution in [0.25, 0.3) is 28.0 Å². The quantitative estimate of drug-likeness (QED) is 0.581. The van der Waals surface area contributed by atoms with Crippen LogP contribution in [-0.4, -0.2) is 26.5 Å². The molecule has 112 valence electrons. The first-order valence-corrected chi connectivity index (χ1v) is 7.23. The Hall–Kier alpha value is -3.21. The molecular formula is C18H14N4O. The van der Waals surface area contributed by atoms with Crippen LogP contribution in [0.5, 0.6) is 5.88 Å². The maximum absolute atomic E-state index is 5.11. The highest BCUT2D eigenvalue weighted by Gasteiger charge is 2.08. The Morgan fingerprint density at radius 3 is 2.52 bits per heavy atom. The van der Waals surface area contributed by atoms with E-state index in [1.165, 1.54) is 0 Å². The van der Waals surface area contributed by atoms with E-state index in [-0.39, 0.29) is 0 Å². The van der Waals surface area contributed by atoms with Crippen LogP contribution in [0.1, 0.15) is 0 Å².